The van der Waals surface area contributed by atoms with Crippen molar-refractivity contribution in [2.45, 2.75) is 32.8 Å². The van der Waals surface area contributed by atoms with Gasteiger partial charge in [-0.05, 0) is 31.9 Å². The van der Waals surface area contributed by atoms with Crippen molar-refractivity contribution in [2.75, 3.05) is 6.54 Å². The molecule has 0 fully saturated rings. The summed E-state index contributed by atoms with van der Waals surface area (Å²) in [4.78, 5) is 11.4. The minimum Gasteiger partial charge on any atom is -0.444 e. The van der Waals surface area contributed by atoms with Gasteiger partial charge in [-0.25, -0.2) is 4.79 Å². The van der Waals surface area contributed by atoms with Crippen LogP contribution in [0, 0.1) is 11.3 Å². The van der Waals surface area contributed by atoms with E-state index in [9.17, 15) is 4.79 Å². The van der Waals surface area contributed by atoms with E-state index in [1.54, 1.807) is 0 Å². The maximum Gasteiger partial charge on any atom is 0.407 e. The molecular weight excluding hydrogens is 252 g/mol. The molecule has 0 unspecified atom stereocenters. The van der Waals surface area contributed by atoms with E-state index in [2.05, 4.69) is 11.4 Å². The number of alkyl carbamates (subject to hydrolysis) is 1. The maximum absolute atomic E-state index is 11.4. The highest BCUT2D eigenvalue weighted by Crippen LogP contribution is 2.07. The van der Waals surface area contributed by atoms with Crippen LogP contribution in [0.4, 0.5) is 4.79 Å². The monoisotopic (exact) mass is 272 g/mol. The van der Waals surface area contributed by atoms with E-state index < -0.39 is 11.7 Å². The first kappa shape index (κ1) is 15.8. The average Bonchev–Trinajstić information content (AvgIpc) is 2.35. The SMILES string of the molecule is CC(C)(C)OC(=O)NCC=Cc1ccc(CC#N)cc1. The molecule has 1 aromatic carbocycles. The Labute approximate surface area is 120 Å². The van der Waals surface area contributed by atoms with Crippen LogP contribution in [0.15, 0.2) is 30.3 Å². The van der Waals surface area contributed by atoms with Crippen molar-refractivity contribution in [3.63, 3.8) is 0 Å². The summed E-state index contributed by atoms with van der Waals surface area (Å²) in [6.45, 7) is 5.89. The average molecular weight is 272 g/mol. The number of ether oxygens (including phenoxy) is 1. The maximum atomic E-state index is 11.4. The van der Waals surface area contributed by atoms with Gasteiger partial charge in [-0.1, -0.05) is 36.4 Å². The van der Waals surface area contributed by atoms with Crippen molar-refractivity contribution in [3.8, 4) is 6.07 Å². The molecule has 4 nitrogen and oxygen atoms in total. The second-order valence-corrected chi connectivity index (χ2v) is 5.36. The summed E-state index contributed by atoms with van der Waals surface area (Å²) >= 11 is 0. The van der Waals surface area contributed by atoms with Gasteiger partial charge < -0.3 is 10.1 Å². The minimum atomic E-state index is -0.482. The Hall–Kier alpha value is -2.28. The predicted octanol–water partition coefficient (Wildman–Crippen LogP) is 3.29. The zero-order valence-corrected chi connectivity index (χ0v) is 12.1. The van der Waals surface area contributed by atoms with Gasteiger partial charge in [0, 0.05) is 6.54 Å². The van der Waals surface area contributed by atoms with E-state index in [1.165, 1.54) is 0 Å². The molecule has 0 aromatic heterocycles. The molecule has 1 rings (SSSR count). The van der Waals surface area contributed by atoms with Gasteiger partial charge in [-0.2, -0.15) is 5.26 Å². The number of carbonyl (C=O) groups excluding carboxylic acids is 1. The Morgan fingerprint density at radius 2 is 2.00 bits per heavy atom. The third-order valence-electron chi connectivity index (χ3n) is 2.34. The van der Waals surface area contributed by atoms with Gasteiger partial charge >= 0.3 is 6.09 Å². The van der Waals surface area contributed by atoms with E-state index in [0.29, 0.717) is 13.0 Å². The first-order valence-electron chi connectivity index (χ1n) is 6.50. The van der Waals surface area contributed by atoms with Crippen molar-refractivity contribution in [3.05, 3.63) is 41.5 Å². The number of nitrogens with one attached hydrogen (secondary N) is 1. The van der Waals surface area contributed by atoms with Crippen molar-refractivity contribution in [2.24, 2.45) is 0 Å². The fourth-order valence-corrected chi connectivity index (χ4v) is 1.49. The highest BCUT2D eigenvalue weighted by atomic mass is 16.6. The molecule has 0 spiro atoms. The fraction of sp³-hybridized carbons (Fsp3) is 0.375. The molecule has 0 atom stereocenters. The summed E-state index contributed by atoms with van der Waals surface area (Å²) in [7, 11) is 0. The van der Waals surface area contributed by atoms with Crippen molar-refractivity contribution in [1.29, 1.82) is 5.26 Å². The summed E-state index contributed by atoms with van der Waals surface area (Å²) in [5, 5.41) is 11.2. The lowest BCUT2D eigenvalue weighted by molar-refractivity contribution is 0.0534. The third-order valence-corrected chi connectivity index (χ3v) is 2.34. The molecule has 0 aliphatic rings. The highest BCUT2D eigenvalue weighted by Gasteiger charge is 2.14. The first-order chi connectivity index (χ1) is 9.40. The molecular formula is C16H20N2O2. The molecule has 20 heavy (non-hydrogen) atoms. The van der Waals surface area contributed by atoms with Gasteiger partial charge in [0.1, 0.15) is 5.60 Å². The van der Waals surface area contributed by atoms with Crippen LogP contribution in [0.3, 0.4) is 0 Å². The van der Waals surface area contributed by atoms with E-state index in [0.717, 1.165) is 11.1 Å². The van der Waals surface area contributed by atoms with Crippen molar-refractivity contribution >= 4 is 12.2 Å². The lowest BCUT2D eigenvalue weighted by Gasteiger charge is -2.19. The van der Waals surface area contributed by atoms with Gasteiger partial charge in [0.15, 0.2) is 0 Å². The van der Waals surface area contributed by atoms with E-state index in [1.807, 2.05) is 57.2 Å². The van der Waals surface area contributed by atoms with E-state index in [-0.39, 0.29) is 0 Å². The quantitative estimate of drug-likeness (QED) is 0.914. The van der Waals surface area contributed by atoms with Crippen LogP contribution in [0.25, 0.3) is 6.08 Å². The van der Waals surface area contributed by atoms with Crippen LogP contribution in [0.1, 0.15) is 31.9 Å². The Morgan fingerprint density at radius 3 is 2.55 bits per heavy atom. The molecule has 0 saturated heterocycles. The fourth-order valence-electron chi connectivity index (χ4n) is 1.49. The minimum absolute atomic E-state index is 0.412. The molecule has 4 heteroatoms. The summed E-state index contributed by atoms with van der Waals surface area (Å²) in [6.07, 6.45) is 3.76. The zero-order valence-electron chi connectivity index (χ0n) is 12.1. The summed E-state index contributed by atoms with van der Waals surface area (Å²) in [5.74, 6) is 0. The molecule has 1 amide bonds. The number of rotatable bonds is 4. The number of carbonyl (C=O) groups is 1. The second-order valence-electron chi connectivity index (χ2n) is 5.36. The topological polar surface area (TPSA) is 62.1 Å². The molecule has 0 bridgehead atoms. The Morgan fingerprint density at radius 1 is 1.35 bits per heavy atom. The molecule has 0 aliphatic carbocycles. The molecule has 1 N–H and O–H groups in total. The van der Waals surface area contributed by atoms with Crippen LogP contribution in [-0.4, -0.2) is 18.2 Å². The molecule has 0 heterocycles. The molecule has 0 radical (unpaired) electrons. The normalized spacial score (nSPS) is 11.1. The predicted molar refractivity (Wildman–Crippen MR) is 79.0 cm³/mol. The van der Waals surface area contributed by atoms with Gasteiger partial charge in [0.25, 0.3) is 0 Å². The molecule has 0 aliphatic heterocycles. The van der Waals surface area contributed by atoms with E-state index >= 15 is 0 Å². The van der Waals surface area contributed by atoms with Crippen LogP contribution in [0.5, 0.6) is 0 Å². The summed E-state index contributed by atoms with van der Waals surface area (Å²) in [5.41, 5.74) is 1.54. The standard InChI is InChI=1S/C16H20N2O2/c1-16(2,3)20-15(19)18-12-4-5-13-6-8-14(9-7-13)10-11-17/h4-9H,10,12H2,1-3H3,(H,18,19). The number of hydrogen-bond donors (Lipinski definition) is 1. The van der Waals surface area contributed by atoms with E-state index in [4.69, 9.17) is 10.00 Å². The summed E-state index contributed by atoms with van der Waals surface area (Å²) < 4.78 is 5.12. The number of nitriles is 1. The smallest absolute Gasteiger partial charge is 0.407 e. The number of hydrogen-bond acceptors (Lipinski definition) is 3. The number of nitrogens with zero attached hydrogens (tertiary/aromatic N) is 1. The Balaban J connectivity index is 2.38. The van der Waals surface area contributed by atoms with Crippen LogP contribution >= 0.6 is 0 Å². The second kappa shape index (κ2) is 7.34. The highest BCUT2D eigenvalue weighted by molar-refractivity contribution is 5.68. The van der Waals surface area contributed by atoms with Crippen molar-refractivity contribution in [1.82, 2.24) is 5.32 Å². The third kappa shape index (κ3) is 6.60. The van der Waals surface area contributed by atoms with Crippen molar-refractivity contribution < 1.29 is 9.53 Å². The van der Waals surface area contributed by atoms with Gasteiger partial charge in [-0.3, -0.25) is 0 Å². The van der Waals surface area contributed by atoms with Crippen LogP contribution in [0.2, 0.25) is 0 Å². The zero-order chi connectivity index (χ0) is 15.0. The summed E-state index contributed by atoms with van der Waals surface area (Å²) in [6, 6.07) is 9.83. The largest absolute Gasteiger partial charge is 0.444 e. The first-order valence-corrected chi connectivity index (χ1v) is 6.50. The van der Waals surface area contributed by atoms with Gasteiger partial charge in [-0.15, -0.1) is 0 Å². The van der Waals surface area contributed by atoms with Gasteiger partial charge in [0.05, 0.1) is 12.5 Å². The number of benzene rings is 1. The molecule has 0 saturated carbocycles. The lowest BCUT2D eigenvalue weighted by atomic mass is 10.1. The van der Waals surface area contributed by atoms with Crippen LogP contribution in [-0.2, 0) is 11.2 Å². The Bertz CT molecular complexity index is 505. The Kier molecular flexibility index (Phi) is 5.79. The van der Waals surface area contributed by atoms with Crippen LogP contribution < -0.4 is 5.32 Å². The number of amides is 1. The van der Waals surface area contributed by atoms with Gasteiger partial charge in [0.2, 0.25) is 0 Å². The molecule has 1 aromatic rings. The molecule has 106 valence electrons. The lowest BCUT2D eigenvalue weighted by Crippen LogP contribution is -2.32.